The molecule has 132 valence electrons. The number of likely N-dealkylation sites (N-methyl/N-ethyl adjacent to an activating group) is 1. The number of carbonyl (C=O) groups is 1. The normalized spacial score (nSPS) is 19.6. The number of anilines is 1. The second-order valence-electron chi connectivity index (χ2n) is 6.98. The van der Waals surface area contributed by atoms with Crippen molar-refractivity contribution < 1.29 is 4.79 Å². The van der Waals surface area contributed by atoms with Crippen molar-refractivity contribution in [1.29, 1.82) is 0 Å². The molecule has 5 heteroatoms. The van der Waals surface area contributed by atoms with Gasteiger partial charge < -0.3 is 10.6 Å². The van der Waals surface area contributed by atoms with Gasteiger partial charge in [0.1, 0.15) is 11.2 Å². The maximum Gasteiger partial charge on any atom is 0.256 e. The first-order valence-electron chi connectivity index (χ1n) is 9.16. The summed E-state index contributed by atoms with van der Waals surface area (Å²) < 4.78 is 0. The molecule has 0 spiro atoms. The van der Waals surface area contributed by atoms with Crippen molar-refractivity contribution in [2.75, 3.05) is 18.4 Å². The largest absolute Gasteiger partial charge is 0.353 e. The molecule has 0 aliphatic carbocycles. The summed E-state index contributed by atoms with van der Waals surface area (Å²) in [4.78, 5) is 16.6. The zero-order valence-corrected chi connectivity index (χ0v) is 15.5. The molecule has 3 heterocycles. The van der Waals surface area contributed by atoms with E-state index in [2.05, 4.69) is 52.8 Å². The number of rotatable bonds is 2. The molecule has 0 radical (unpaired) electrons. The van der Waals surface area contributed by atoms with Crippen LogP contribution < -0.4 is 10.6 Å². The molecule has 1 aromatic heterocycles. The van der Waals surface area contributed by atoms with E-state index in [4.69, 9.17) is 0 Å². The molecule has 0 saturated heterocycles. The zero-order valence-electron chi connectivity index (χ0n) is 14.7. The Hall–Kier alpha value is -2.37. The summed E-state index contributed by atoms with van der Waals surface area (Å²) in [6.07, 6.45) is 0.784. The lowest BCUT2D eigenvalue weighted by Crippen LogP contribution is -2.38. The van der Waals surface area contributed by atoms with Crippen LogP contribution in [-0.2, 0) is 13.0 Å². The molecular weight excluding hydrogens is 342 g/mol. The average Bonchev–Trinajstić information content (AvgIpc) is 3.05. The first-order chi connectivity index (χ1) is 12.7. The predicted octanol–water partition coefficient (Wildman–Crippen LogP) is 4.13. The van der Waals surface area contributed by atoms with Crippen molar-refractivity contribution in [2.45, 2.75) is 26.1 Å². The highest BCUT2D eigenvalue weighted by Crippen LogP contribution is 2.40. The summed E-state index contributed by atoms with van der Waals surface area (Å²) in [5, 5.41) is 10.2. The van der Waals surface area contributed by atoms with Gasteiger partial charge in [-0.25, -0.2) is 0 Å². The van der Waals surface area contributed by atoms with Crippen molar-refractivity contribution in [2.24, 2.45) is 0 Å². The van der Waals surface area contributed by atoms with Crippen LogP contribution in [0.5, 0.6) is 0 Å². The molecule has 0 bridgehead atoms. The summed E-state index contributed by atoms with van der Waals surface area (Å²) in [6, 6.07) is 14.7. The number of amides is 1. The quantitative estimate of drug-likeness (QED) is 0.719. The van der Waals surface area contributed by atoms with Crippen molar-refractivity contribution in [3.63, 3.8) is 0 Å². The maximum atomic E-state index is 12.9. The molecule has 0 saturated carbocycles. The highest BCUT2D eigenvalue weighted by molar-refractivity contribution is 7.16. The van der Waals surface area contributed by atoms with Crippen LogP contribution in [0.25, 0.3) is 10.8 Å². The van der Waals surface area contributed by atoms with Crippen molar-refractivity contribution in [3.05, 3.63) is 64.0 Å². The summed E-state index contributed by atoms with van der Waals surface area (Å²) in [5.74, 6) is 0.0550. The lowest BCUT2D eigenvalue weighted by molar-refractivity contribution is 0.0935. The van der Waals surface area contributed by atoms with Crippen molar-refractivity contribution >= 4 is 33.0 Å². The summed E-state index contributed by atoms with van der Waals surface area (Å²) in [6.45, 7) is 5.24. The van der Waals surface area contributed by atoms with Gasteiger partial charge in [0.25, 0.3) is 5.91 Å². The molecule has 2 aliphatic rings. The lowest BCUT2D eigenvalue weighted by atomic mass is 9.99. The third kappa shape index (κ3) is 2.50. The van der Waals surface area contributed by atoms with E-state index in [9.17, 15) is 4.79 Å². The van der Waals surface area contributed by atoms with Crippen LogP contribution in [0.15, 0.2) is 42.5 Å². The highest BCUT2D eigenvalue weighted by atomic mass is 32.1. The van der Waals surface area contributed by atoms with Gasteiger partial charge in [-0.3, -0.25) is 9.69 Å². The molecule has 2 N–H and O–H groups in total. The zero-order chi connectivity index (χ0) is 17.7. The minimum absolute atomic E-state index is 0.0550. The van der Waals surface area contributed by atoms with Crippen LogP contribution in [0.4, 0.5) is 5.00 Å². The second-order valence-corrected chi connectivity index (χ2v) is 8.09. The molecular formula is C21H21N3OS. The highest BCUT2D eigenvalue weighted by Gasteiger charge is 2.33. The fourth-order valence-electron chi connectivity index (χ4n) is 3.99. The van der Waals surface area contributed by atoms with Crippen LogP contribution in [0.3, 0.4) is 0 Å². The average molecular weight is 363 g/mol. The number of thiophene rings is 1. The number of hydrogen-bond donors (Lipinski definition) is 2. The smallest absolute Gasteiger partial charge is 0.256 e. The predicted molar refractivity (Wildman–Crippen MR) is 107 cm³/mol. The molecule has 0 unspecified atom stereocenters. The van der Waals surface area contributed by atoms with Gasteiger partial charge in [0.2, 0.25) is 0 Å². The Labute approximate surface area is 156 Å². The molecule has 2 aliphatic heterocycles. The molecule has 3 aromatic rings. The Morgan fingerprint density at radius 1 is 1.15 bits per heavy atom. The maximum absolute atomic E-state index is 12.9. The van der Waals surface area contributed by atoms with E-state index < -0.39 is 0 Å². The van der Waals surface area contributed by atoms with Crippen LogP contribution in [0, 0.1) is 0 Å². The third-order valence-corrected chi connectivity index (χ3v) is 6.62. The van der Waals surface area contributed by atoms with Gasteiger partial charge in [0.05, 0.1) is 5.56 Å². The van der Waals surface area contributed by atoms with E-state index in [1.165, 1.54) is 21.2 Å². The number of benzene rings is 2. The SMILES string of the molecule is CCN1CCc2c(sc3c2C(=O)N[C@H](c2ccc4ccccc4c2)N3)C1. The molecule has 0 fully saturated rings. The lowest BCUT2D eigenvalue weighted by Gasteiger charge is -2.28. The number of fused-ring (bicyclic) bond motifs is 4. The monoisotopic (exact) mass is 363 g/mol. The minimum Gasteiger partial charge on any atom is -0.353 e. The van der Waals surface area contributed by atoms with Crippen LogP contribution in [0.2, 0.25) is 0 Å². The van der Waals surface area contributed by atoms with Crippen LogP contribution in [0.1, 0.15) is 39.5 Å². The third-order valence-electron chi connectivity index (χ3n) is 5.47. The van der Waals surface area contributed by atoms with Crippen molar-refractivity contribution in [3.8, 4) is 0 Å². The van der Waals surface area contributed by atoms with E-state index in [1.807, 2.05) is 12.1 Å². The van der Waals surface area contributed by atoms with E-state index in [0.29, 0.717) is 0 Å². The Kier molecular flexibility index (Phi) is 3.72. The molecule has 5 rings (SSSR count). The van der Waals surface area contributed by atoms with Gasteiger partial charge in [-0.2, -0.15) is 0 Å². The minimum atomic E-state index is -0.179. The summed E-state index contributed by atoms with van der Waals surface area (Å²) in [7, 11) is 0. The molecule has 1 amide bonds. The van der Waals surface area contributed by atoms with E-state index in [0.717, 1.165) is 42.2 Å². The van der Waals surface area contributed by atoms with E-state index >= 15 is 0 Å². The fourth-order valence-corrected chi connectivity index (χ4v) is 5.31. The fraction of sp³-hybridized carbons (Fsp3) is 0.286. The number of nitrogens with zero attached hydrogens (tertiary/aromatic N) is 1. The van der Waals surface area contributed by atoms with E-state index in [-0.39, 0.29) is 12.1 Å². The first-order valence-corrected chi connectivity index (χ1v) is 9.97. The number of nitrogens with one attached hydrogen (secondary N) is 2. The Morgan fingerprint density at radius 2 is 2.00 bits per heavy atom. The van der Waals surface area contributed by atoms with Gasteiger partial charge in [0, 0.05) is 18.0 Å². The molecule has 26 heavy (non-hydrogen) atoms. The van der Waals surface area contributed by atoms with Crippen molar-refractivity contribution in [1.82, 2.24) is 10.2 Å². The standard InChI is InChI=1S/C21H21N3OS/c1-2-24-10-9-16-17(12-24)26-21-18(16)20(25)22-19(23-21)15-8-7-13-5-3-4-6-14(13)11-15/h3-8,11,19,23H,2,9-10,12H2,1H3,(H,22,25)/t19-/m0/s1. The van der Waals surface area contributed by atoms with Gasteiger partial charge in [-0.1, -0.05) is 43.3 Å². The first kappa shape index (κ1) is 15.9. The van der Waals surface area contributed by atoms with Gasteiger partial charge in [-0.05, 0) is 40.9 Å². The van der Waals surface area contributed by atoms with Gasteiger partial charge in [0.15, 0.2) is 0 Å². The van der Waals surface area contributed by atoms with Gasteiger partial charge >= 0.3 is 0 Å². The number of carbonyl (C=O) groups excluding carboxylic acids is 1. The number of hydrogen-bond acceptors (Lipinski definition) is 4. The van der Waals surface area contributed by atoms with E-state index in [1.54, 1.807) is 11.3 Å². The summed E-state index contributed by atoms with van der Waals surface area (Å²) >= 11 is 1.75. The topological polar surface area (TPSA) is 44.4 Å². The Bertz CT molecular complexity index is 1010. The summed E-state index contributed by atoms with van der Waals surface area (Å²) in [5.41, 5.74) is 3.21. The Morgan fingerprint density at radius 3 is 2.85 bits per heavy atom. The molecule has 1 atom stereocenters. The second kappa shape index (κ2) is 6.11. The molecule has 2 aromatic carbocycles. The van der Waals surface area contributed by atoms with Crippen LogP contribution in [-0.4, -0.2) is 23.9 Å². The van der Waals surface area contributed by atoms with Gasteiger partial charge in [-0.15, -0.1) is 11.3 Å². The molecule has 4 nitrogen and oxygen atoms in total. The Balaban J connectivity index is 1.50. The van der Waals surface area contributed by atoms with Crippen LogP contribution >= 0.6 is 11.3 Å².